The van der Waals surface area contributed by atoms with Crippen molar-refractivity contribution in [3.8, 4) is 11.9 Å². The molecule has 0 unspecified atom stereocenters. The third-order valence-electron chi connectivity index (χ3n) is 5.00. The minimum Gasteiger partial charge on any atom is -0.420 e. The lowest BCUT2D eigenvalue weighted by Crippen LogP contribution is -2.22. The van der Waals surface area contributed by atoms with Gasteiger partial charge in [-0.2, -0.15) is 5.26 Å². The Morgan fingerprint density at radius 3 is 2.32 bits per heavy atom. The van der Waals surface area contributed by atoms with Crippen LogP contribution in [0.1, 0.15) is 60.2 Å². The Kier molecular flexibility index (Phi) is 4.54. The molecule has 5 heteroatoms. The molecule has 0 bridgehead atoms. The number of fused-ring (bicyclic) bond motifs is 1. The Morgan fingerprint density at radius 1 is 1.16 bits per heavy atom. The van der Waals surface area contributed by atoms with Crippen molar-refractivity contribution in [2.45, 2.75) is 52.9 Å². The van der Waals surface area contributed by atoms with Crippen LogP contribution in [0.3, 0.4) is 0 Å². The molecule has 3 rings (SSSR count). The molecule has 0 saturated carbocycles. The number of nitrogens with one attached hydrogen (secondary N) is 1. The number of aromatic amines is 1. The van der Waals surface area contributed by atoms with Gasteiger partial charge in [0.1, 0.15) is 11.6 Å². The van der Waals surface area contributed by atoms with E-state index in [1.165, 1.54) is 22.3 Å². The maximum absolute atomic E-state index is 9.78. The average molecular weight is 336 g/mol. The Balaban J connectivity index is 2.34. The molecule has 1 aromatic heterocycles. The van der Waals surface area contributed by atoms with Crippen LogP contribution in [-0.4, -0.2) is 10.2 Å². The molecule has 1 aliphatic heterocycles. The summed E-state index contributed by atoms with van der Waals surface area (Å²) >= 11 is 0. The second-order valence-corrected chi connectivity index (χ2v) is 6.38. The number of hydrogen-bond acceptors (Lipinski definition) is 4. The van der Waals surface area contributed by atoms with E-state index in [2.05, 4.69) is 49.2 Å². The molecular formula is C20H24N4O. The number of aromatic nitrogens is 2. The zero-order valence-corrected chi connectivity index (χ0v) is 15.2. The van der Waals surface area contributed by atoms with Gasteiger partial charge < -0.3 is 10.5 Å². The molecule has 2 heterocycles. The fraction of sp³-hybridized carbons (Fsp3) is 0.400. The fourth-order valence-corrected chi connectivity index (χ4v) is 3.70. The molecule has 0 aliphatic carbocycles. The Morgan fingerprint density at radius 2 is 1.80 bits per heavy atom. The van der Waals surface area contributed by atoms with Gasteiger partial charge in [0.2, 0.25) is 11.8 Å². The highest BCUT2D eigenvalue weighted by atomic mass is 16.5. The smallest absolute Gasteiger partial charge is 0.244 e. The number of nitriles is 1. The number of nitrogens with zero attached hydrogens (tertiary/aromatic N) is 2. The second kappa shape index (κ2) is 6.64. The lowest BCUT2D eigenvalue weighted by molar-refractivity contribution is 0.378. The van der Waals surface area contributed by atoms with Crippen molar-refractivity contribution in [3.63, 3.8) is 0 Å². The van der Waals surface area contributed by atoms with Gasteiger partial charge >= 0.3 is 0 Å². The Labute approximate surface area is 148 Å². The van der Waals surface area contributed by atoms with Crippen molar-refractivity contribution >= 4 is 0 Å². The van der Waals surface area contributed by atoms with Gasteiger partial charge in [-0.05, 0) is 48.4 Å². The molecule has 0 radical (unpaired) electrons. The van der Waals surface area contributed by atoms with Crippen LogP contribution in [0.2, 0.25) is 0 Å². The minimum atomic E-state index is -0.233. The molecule has 3 N–H and O–H groups in total. The number of nitrogens with two attached hydrogens (primary N) is 1. The topological polar surface area (TPSA) is 87.7 Å². The van der Waals surface area contributed by atoms with Crippen LogP contribution >= 0.6 is 0 Å². The van der Waals surface area contributed by atoms with Gasteiger partial charge in [0.05, 0.1) is 5.92 Å². The second-order valence-electron chi connectivity index (χ2n) is 6.38. The number of H-pyrrole nitrogens is 1. The lowest BCUT2D eigenvalue weighted by atomic mass is 9.78. The van der Waals surface area contributed by atoms with E-state index in [1.54, 1.807) is 0 Å². The van der Waals surface area contributed by atoms with Crippen LogP contribution in [0.25, 0.3) is 0 Å². The van der Waals surface area contributed by atoms with E-state index in [9.17, 15) is 5.26 Å². The largest absolute Gasteiger partial charge is 0.420 e. The molecule has 1 aromatic carbocycles. The number of ether oxygens (including phenoxy) is 1. The van der Waals surface area contributed by atoms with Gasteiger partial charge in [0.15, 0.2) is 0 Å². The summed E-state index contributed by atoms with van der Waals surface area (Å²) in [6, 6.07) is 6.79. The zero-order chi connectivity index (χ0) is 18.1. The fourth-order valence-electron chi connectivity index (χ4n) is 3.70. The van der Waals surface area contributed by atoms with Crippen LogP contribution in [0.5, 0.6) is 5.88 Å². The Hall–Kier alpha value is -2.74. The quantitative estimate of drug-likeness (QED) is 0.892. The molecule has 25 heavy (non-hydrogen) atoms. The summed E-state index contributed by atoms with van der Waals surface area (Å²) in [5, 5.41) is 17.0. The molecule has 0 saturated heterocycles. The van der Waals surface area contributed by atoms with Crippen LogP contribution in [0.15, 0.2) is 23.6 Å². The summed E-state index contributed by atoms with van der Waals surface area (Å²) in [6.45, 7) is 8.42. The number of rotatable bonds is 4. The third-order valence-corrected chi connectivity index (χ3v) is 5.00. The first-order valence-electron chi connectivity index (χ1n) is 8.82. The molecule has 0 amide bonds. The standard InChI is InChI=1S/C20H24N4O/c1-5-12-8-13(6-2)17(14(7-3)9-12)18-15(10-21)19(22)25-20-16(18)11(4)23-24-20/h8-9,18H,5-7,22H2,1-4H3,(H,23,24)/t18-/m1/s1. The predicted octanol–water partition coefficient (Wildman–Crippen LogP) is 3.62. The van der Waals surface area contributed by atoms with Gasteiger partial charge in [0.25, 0.3) is 0 Å². The van der Waals surface area contributed by atoms with E-state index < -0.39 is 0 Å². The van der Waals surface area contributed by atoms with Crippen LogP contribution in [0.4, 0.5) is 0 Å². The minimum absolute atomic E-state index is 0.148. The summed E-state index contributed by atoms with van der Waals surface area (Å²) in [5.74, 6) is 0.390. The molecule has 1 aliphatic rings. The van der Waals surface area contributed by atoms with E-state index in [4.69, 9.17) is 10.5 Å². The monoisotopic (exact) mass is 336 g/mol. The third kappa shape index (κ3) is 2.68. The zero-order valence-electron chi connectivity index (χ0n) is 15.2. The molecule has 2 aromatic rings. The predicted molar refractivity (Wildman–Crippen MR) is 97.2 cm³/mol. The van der Waals surface area contributed by atoms with Crippen LogP contribution < -0.4 is 10.5 Å². The lowest BCUT2D eigenvalue weighted by Gasteiger charge is -2.28. The summed E-state index contributed by atoms with van der Waals surface area (Å²) in [6.07, 6.45) is 2.80. The number of benzene rings is 1. The maximum Gasteiger partial charge on any atom is 0.244 e. The van der Waals surface area contributed by atoms with Gasteiger partial charge in [-0.25, -0.2) is 0 Å². The maximum atomic E-state index is 9.78. The highest BCUT2D eigenvalue weighted by molar-refractivity contribution is 5.59. The van der Waals surface area contributed by atoms with Gasteiger partial charge in [-0.1, -0.05) is 32.9 Å². The number of hydrogen-bond donors (Lipinski definition) is 2. The first kappa shape index (κ1) is 17.1. The van der Waals surface area contributed by atoms with Crippen LogP contribution in [-0.2, 0) is 19.3 Å². The molecule has 1 atom stereocenters. The van der Waals surface area contributed by atoms with E-state index in [1.807, 2.05) is 6.92 Å². The average Bonchev–Trinajstić information content (AvgIpc) is 2.99. The van der Waals surface area contributed by atoms with E-state index in [-0.39, 0.29) is 11.8 Å². The molecule has 0 spiro atoms. The summed E-state index contributed by atoms with van der Waals surface area (Å²) < 4.78 is 5.59. The van der Waals surface area contributed by atoms with Gasteiger partial charge in [-0.3, -0.25) is 5.10 Å². The summed E-state index contributed by atoms with van der Waals surface area (Å²) in [7, 11) is 0. The molecule has 5 nitrogen and oxygen atoms in total. The number of allylic oxidation sites excluding steroid dienone is 1. The van der Waals surface area contributed by atoms with Crippen LogP contribution in [0, 0.1) is 18.3 Å². The van der Waals surface area contributed by atoms with E-state index in [0.717, 1.165) is 30.5 Å². The normalized spacial score (nSPS) is 16.4. The van der Waals surface area contributed by atoms with Crippen molar-refractivity contribution in [1.82, 2.24) is 10.2 Å². The molecular weight excluding hydrogens is 312 g/mol. The number of aryl methyl sites for hydroxylation is 4. The first-order valence-corrected chi connectivity index (χ1v) is 8.82. The highest BCUT2D eigenvalue weighted by Crippen LogP contribution is 2.45. The molecule has 130 valence electrons. The van der Waals surface area contributed by atoms with Gasteiger partial charge in [-0.15, -0.1) is 5.10 Å². The van der Waals surface area contributed by atoms with Crippen molar-refractivity contribution in [3.05, 3.63) is 57.1 Å². The van der Waals surface area contributed by atoms with Crippen molar-refractivity contribution < 1.29 is 4.74 Å². The Bertz CT molecular complexity index is 861. The van der Waals surface area contributed by atoms with Crippen molar-refractivity contribution in [2.24, 2.45) is 5.73 Å². The van der Waals surface area contributed by atoms with Crippen molar-refractivity contribution in [1.29, 1.82) is 5.26 Å². The van der Waals surface area contributed by atoms with Crippen molar-refractivity contribution in [2.75, 3.05) is 0 Å². The highest BCUT2D eigenvalue weighted by Gasteiger charge is 2.36. The van der Waals surface area contributed by atoms with Gasteiger partial charge in [0, 0.05) is 11.3 Å². The SMILES string of the molecule is CCc1cc(CC)c([C@@H]2C(C#N)=C(N)Oc3n[nH]c(C)c32)c(CC)c1. The van der Waals surface area contributed by atoms with E-state index in [0.29, 0.717) is 11.5 Å². The summed E-state index contributed by atoms with van der Waals surface area (Å²) in [4.78, 5) is 0. The van der Waals surface area contributed by atoms with E-state index >= 15 is 0 Å². The summed E-state index contributed by atoms with van der Waals surface area (Å²) in [5.41, 5.74) is 13.4. The molecule has 0 fully saturated rings. The first-order chi connectivity index (χ1) is 12.0.